The number of nitrogens with zero attached hydrogens (tertiary/aromatic N) is 2. The Morgan fingerprint density at radius 2 is 2.17 bits per heavy atom. The summed E-state index contributed by atoms with van der Waals surface area (Å²) in [6, 6.07) is 11.3. The molecule has 0 bridgehead atoms. The summed E-state index contributed by atoms with van der Waals surface area (Å²) in [4.78, 5) is 18.1. The maximum atomic E-state index is 12.1. The molecule has 1 aromatic carbocycles. The fourth-order valence-electron chi connectivity index (χ4n) is 3.38. The second-order valence-corrected chi connectivity index (χ2v) is 5.96. The van der Waals surface area contributed by atoms with Crippen LogP contribution in [0.5, 0.6) is 5.75 Å². The third kappa shape index (κ3) is 3.05. The summed E-state index contributed by atoms with van der Waals surface area (Å²) in [5, 5.41) is 3.41. The van der Waals surface area contributed by atoms with Crippen LogP contribution in [0.3, 0.4) is 0 Å². The van der Waals surface area contributed by atoms with Gasteiger partial charge in [-0.3, -0.25) is 4.98 Å². The highest BCUT2D eigenvalue weighted by atomic mass is 16.5. The van der Waals surface area contributed by atoms with Gasteiger partial charge in [-0.25, -0.2) is 4.79 Å². The van der Waals surface area contributed by atoms with Crippen LogP contribution in [0.1, 0.15) is 11.1 Å². The minimum atomic E-state index is -0.542. The third-order valence-electron chi connectivity index (χ3n) is 4.56. The number of benzene rings is 1. The van der Waals surface area contributed by atoms with Crippen molar-refractivity contribution in [2.75, 3.05) is 26.7 Å². The summed E-state index contributed by atoms with van der Waals surface area (Å²) >= 11 is 0. The molecule has 1 fully saturated rings. The van der Waals surface area contributed by atoms with Gasteiger partial charge in [0.1, 0.15) is 5.75 Å². The van der Waals surface area contributed by atoms with Crippen molar-refractivity contribution in [2.45, 2.75) is 12.0 Å². The van der Waals surface area contributed by atoms with Gasteiger partial charge in [-0.05, 0) is 29.3 Å². The molecule has 1 saturated heterocycles. The van der Waals surface area contributed by atoms with E-state index in [1.165, 1.54) is 0 Å². The third-order valence-corrected chi connectivity index (χ3v) is 4.56. The van der Waals surface area contributed by atoms with E-state index in [9.17, 15) is 4.79 Å². The number of nitrogens with one attached hydrogen (secondary N) is 1. The molecule has 0 radical (unpaired) electrons. The number of carbonyl (C=O) groups is 1. The average molecular weight is 326 g/mol. The number of aromatic nitrogens is 1. The largest absolute Gasteiger partial charge is 0.497 e. The zero-order valence-corrected chi connectivity index (χ0v) is 13.7. The first-order chi connectivity index (χ1) is 11.7. The molecule has 1 aromatic heterocycles. The van der Waals surface area contributed by atoms with E-state index in [0.717, 1.165) is 23.4 Å². The van der Waals surface area contributed by atoms with Crippen LogP contribution in [0.25, 0.3) is 0 Å². The average Bonchev–Trinajstić information content (AvgIpc) is 2.63. The second kappa shape index (κ2) is 6.88. The summed E-state index contributed by atoms with van der Waals surface area (Å²) in [5.41, 5.74) is 7.25. The van der Waals surface area contributed by atoms with Crippen LogP contribution in [0.15, 0.2) is 48.8 Å². The van der Waals surface area contributed by atoms with Crippen LogP contribution in [-0.4, -0.2) is 42.7 Å². The molecule has 1 aliphatic heterocycles. The monoisotopic (exact) mass is 326 g/mol. The molecule has 126 valence electrons. The number of urea groups is 1. The maximum Gasteiger partial charge on any atom is 0.315 e. The number of ether oxygens (including phenoxy) is 1. The molecule has 3 N–H and O–H groups in total. The van der Waals surface area contributed by atoms with Gasteiger partial charge in [0, 0.05) is 38.4 Å². The number of rotatable bonds is 4. The van der Waals surface area contributed by atoms with Crippen LogP contribution in [-0.2, 0) is 12.0 Å². The Morgan fingerprint density at radius 3 is 2.79 bits per heavy atom. The Morgan fingerprint density at radius 1 is 1.38 bits per heavy atom. The molecule has 1 atom stereocenters. The number of amides is 2. The van der Waals surface area contributed by atoms with Gasteiger partial charge in [0.05, 0.1) is 12.6 Å². The second-order valence-electron chi connectivity index (χ2n) is 5.96. The van der Waals surface area contributed by atoms with Crippen molar-refractivity contribution >= 4 is 6.03 Å². The van der Waals surface area contributed by atoms with Crippen LogP contribution in [0.4, 0.5) is 4.79 Å². The highest BCUT2D eigenvalue weighted by Crippen LogP contribution is 2.34. The number of piperazine rings is 1. The fraction of sp³-hybridized carbons (Fsp3) is 0.333. The number of primary amides is 1. The minimum absolute atomic E-state index is 0.406. The van der Waals surface area contributed by atoms with Crippen LogP contribution in [0.2, 0.25) is 0 Å². The molecule has 0 aliphatic carbocycles. The molecule has 0 saturated carbocycles. The molecule has 3 rings (SSSR count). The van der Waals surface area contributed by atoms with Crippen molar-refractivity contribution in [1.29, 1.82) is 0 Å². The van der Waals surface area contributed by atoms with Crippen molar-refractivity contribution < 1.29 is 9.53 Å². The first kappa shape index (κ1) is 16.3. The molecular formula is C18H22N4O2. The van der Waals surface area contributed by atoms with E-state index in [1.54, 1.807) is 18.2 Å². The normalized spacial score (nSPS) is 20.6. The van der Waals surface area contributed by atoms with E-state index in [4.69, 9.17) is 10.5 Å². The minimum Gasteiger partial charge on any atom is -0.497 e. The fourth-order valence-corrected chi connectivity index (χ4v) is 3.38. The van der Waals surface area contributed by atoms with Crippen molar-refractivity contribution in [3.63, 3.8) is 0 Å². The summed E-state index contributed by atoms with van der Waals surface area (Å²) in [6.07, 6.45) is 4.22. The van der Waals surface area contributed by atoms with Crippen molar-refractivity contribution in [3.05, 3.63) is 59.9 Å². The predicted octanol–water partition coefficient (Wildman–Crippen LogP) is 1.51. The summed E-state index contributed by atoms with van der Waals surface area (Å²) in [5.74, 6) is 0.782. The number of carbonyl (C=O) groups excluding carboxylic acids is 1. The quantitative estimate of drug-likeness (QED) is 0.892. The van der Waals surface area contributed by atoms with Gasteiger partial charge in [-0.15, -0.1) is 0 Å². The standard InChI is InChI=1S/C18H22N4O2/c1-24-16-6-4-15(5-7-16)18(11-14-3-2-8-20-12-14)13-21-9-10-22(18)17(19)23/h2-8,12,21H,9-11,13H2,1H3,(H2,19,23). The van der Waals surface area contributed by atoms with Gasteiger partial charge in [0.25, 0.3) is 0 Å². The zero-order chi connectivity index (χ0) is 17.0. The highest BCUT2D eigenvalue weighted by molar-refractivity contribution is 5.73. The summed E-state index contributed by atoms with van der Waals surface area (Å²) < 4.78 is 5.25. The number of methoxy groups -OCH3 is 1. The number of hydrogen-bond acceptors (Lipinski definition) is 4. The van der Waals surface area contributed by atoms with Gasteiger partial charge in [0.15, 0.2) is 0 Å². The Labute approximate surface area is 141 Å². The van der Waals surface area contributed by atoms with Crippen LogP contribution < -0.4 is 15.8 Å². The summed E-state index contributed by atoms with van der Waals surface area (Å²) in [7, 11) is 1.64. The van der Waals surface area contributed by atoms with Crippen LogP contribution in [0, 0.1) is 0 Å². The lowest BCUT2D eigenvalue weighted by atomic mass is 9.81. The molecule has 1 aliphatic rings. The SMILES string of the molecule is COc1ccc(C2(Cc3cccnc3)CNCCN2C(N)=O)cc1. The zero-order valence-electron chi connectivity index (χ0n) is 13.7. The maximum absolute atomic E-state index is 12.1. The smallest absolute Gasteiger partial charge is 0.315 e. The Balaban J connectivity index is 2.06. The van der Waals surface area contributed by atoms with Gasteiger partial charge in [0.2, 0.25) is 0 Å². The van der Waals surface area contributed by atoms with E-state index in [2.05, 4.69) is 10.3 Å². The van der Waals surface area contributed by atoms with Crippen molar-refractivity contribution in [1.82, 2.24) is 15.2 Å². The predicted molar refractivity (Wildman–Crippen MR) is 91.8 cm³/mol. The first-order valence-electron chi connectivity index (χ1n) is 7.97. The van der Waals surface area contributed by atoms with E-state index in [-0.39, 0.29) is 0 Å². The van der Waals surface area contributed by atoms with Crippen LogP contribution >= 0.6 is 0 Å². The molecule has 6 heteroatoms. The van der Waals surface area contributed by atoms with E-state index in [1.807, 2.05) is 42.6 Å². The van der Waals surface area contributed by atoms with Gasteiger partial charge in [-0.2, -0.15) is 0 Å². The number of nitrogens with two attached hydrogens (primary N) is 1. The van der Waals surface area contributed by atoms with Crippen molar-refractivity contribution in [3.8, 4) is 5.75 Å². The van der Waals surface area contributed by atoms with Gasteiger partial charge < -0.3 is 20.7 Å². The van der Waals surface area contributed by atoms with E-state index < -0.39 is 11.6 Å². The van der Waals surface area contributed by atoms with E-state index in [0.29, 0.717) is 19.5 Å². The molecule has 2 amide bonds. The molecule has 6 nitrogen and oxygen atoms in total. The molecule has 1 unspecified atom stereocenters. The molecule has 0 spiro atoms. The lowest BCUT2D eigenvalue weighted by molar-refractivity contribution is 0.0910. The molecule has 24 heavy (non-hydrogen) atoms. The van der Waals surface area contributed by atoms with Crippen molar-refractivity contribution in [2.24, 2.45) is 5.73 Å². The molecular weight excluding hydrogens is 304 g/mol. The first-order valence-corrected chi connectivity index (χ1v) is 7.97. The van der Waals surface area contributed by atoms with Gasteiger partial charge in [-0.1, -0.05) is 18.2 Å². The van der Waals surface area contributed by atoms with Gasteiger partial charge >= 0.3 is 6.03 Å². The number of hydrogen-bond donors (Lipinski definition) is 2. The summed E-state index contributed by atoms with van der Waals surface area (Å²) in [6.45, 7) is 1.94. The number of pyridine rings is 1. The molecule has 2 heterocycles. The topological polar surface area (TPSA) is 80.5 Å². The lowest BCUT2D eigenvalue weighted by Gasteiger charge is -2.47. The lowest BCUT2D eigenvalue weighted by Crippen LogP contribution is -2.63. The molecule has 2 aromatic rings. The highest BCUT2D eigenvalue weighted by Gasteiger charge is 2.42. The Hall–Kier alpha value is -2.60. The Kier molecular flexibility index (Phi) is 4.66. The van der Waals surface area contributed by atoms with E-state index >= 15 is 0 Å². The Bertz CT molecular complexity index is 690.